The van der Waals surface area contributed by atoms with Crippen molar-refractivity contribution in [2.45, 2.75) is 64.0 Å². The average Bonchev–Trinajstić information content (AvgIpc) is 3.50. The first-order valence-electron chi connectivity index (χ1n) is 10.7. The zero-order valence-electron chi connectivity index (χ0n) is 17.7. The summed E-state index contributed by atoms with van der Waals surface area (Å²) in [4.78, 5) is 21.4. The van der Waals surface area contributed by atoms with E-state index < -0.39 is 0 Å². The first-order valence-corrected chi connectivity index (χ1v) is 11.1. The number of amides is 1. The van der Waals surface area contributed by atoms with Crippen LogP contribution in [0.15, 0.2) is 6.20 Å². The molecule has 1 saturated heterocycles. The van der Waals surface area contributed by atoms with E-state index in [2.05, 4.69) is 29.7 Å². The van der Waals surface area contributed by atoms with E-state index in [1.807, 2.05) is 15.4 Å². The second-order valence-electron chi connectivity index (χ2n) is 8.49. The maximum absolute atomic E-state index is 10.7. The fourth-order valence-corrected chi connectivity index (χ4v) is 3.87. The number of methoxy groups -OCH3 is 1. The molecule has 0 bridgehead atoms. The van der Waals surface area contributed by atoms with E-state index in [1.54, 1.807) is 7.11 Å². The molecule has 1 aromatic heterocycles. The first-order chi connectivity index (χ1) is 14.0. The number of fused-ring (bicyclic) bond motifs is 1. The van der Waals surface area contributed by atoms with E-state index >= 15 is 0 Å². The number of hydrogen-bond donors (Lipinski definition) is 1. The number of thiol groups is 1. The molecule has 2 aliphatic heterocycles. The average molecular weight is 423 g/mol. The number of aromatic nitrogens is 2. The van der Waals surface area contributed by atoms with E-state index in [0.717, 1.165) is 76.0 Å². The number of piperidine rings is 1. The third-order valence-electron chi connectivity index (χ3n) is 6.12. The van der Waals surface area contributed by atoms with E-state index in [0.29, 0.717) is 24.1 Å². The van der Waals surface area contributed by atoms with Crippen molar-refractivity contribution in [3.8, 4) is 6.01 Å². The highest BCUT2D eigenvalue weighted by molar-refractivity contribution is 7.77. The van der Waals surface area contributed by atoms with Crippen LogP contribution in [0.4, 0.5) is 0 Å². The number of likely N-dealkylation sites (tertiary alicyclic amines) is 1. The maximum Gasteiger partial charge on any atom is 0.316 e. The van der Waals surface area contributed by atoms with Crippen LogP contribution < -0.4 is 4.74 Å². The fraction of sp³-hybridized carbons (Fsp3) is 0.762. The van der Waals surface area contributed by atoms with Gasteiger partial charge in [-0.15, -0.1) is 0 Å². The lowest BCUT2D eigenvalue weighted by molar-refractivity contribution is -0.119. The van der Waals surface area contributed by atoms with Crippen molar-refractivity contribution in [3.05, 3.63) is 17.5 Å². The summed E-state index contributed by atoms with van der Waals surface area (Å²) in [5.41, 5.74) is 2.52. The van der Waals surface area contributed by atoms with Crippen molar-refractivity contribution in [2.24, 2.45) is 5.92 Å². The number of nitrogens with zero attached hydrogens (tertiary/aromatic N) is 4. The number of carbonyl (C=O) groups is 1. The van der Waals surface area contributed by atoms with E-state index in [1.165, 1.54) is 12.8 Å². The SMILES string of the molecule is COC1(C)CC1.O=CN1CCC(CCCOc2ncc3c(n2)CCN(S)C3)CC1. The van der Waals surface area contributed by atoms with Gasteiger partial charge in [0, 0.05) is 51.5 Å². The van der Waals surface area contributed by atoms with Crippen LogP contribution in [0.25, 0.3) is 0 Å². The van der Waals surface area contributed by atoms with Gasteiger partial charge in [0.15, 0.2) is 0 Å². The highest BCUT2D eigenvalue weighted by atomic mass is 32.1. The molecule has 0 unspecified atom stereocenters. The predicted octanol–water partition coefficient (Wildman–Crippen LogP) is 2.89. The maximum atomic E-state index is 10.7. The molecular formula is C21H34N4O3S. The van der Waals surface area contributed by atoms with Crippen molar-refractivity contribution in [3.63, 3.8) is 0 Å². The molecule has 7 nitrogen and oxygen atoms in total. The summed E-state index contributed by atoms with van der Waals surface area (Å²) in [6.07, 6.45) is 10.6. The molecule has 8 heteroatoms. The predicted molar refractivity (Wildman–Crippen MR) is 115 cm³/mol. The Bertz CT molecular complexity index is 663. The number of carbonyl (C=O) groups excluding carboxylic acids is 1. The Morgan fingerprint density at radius 1 is 1.31 bits per heavy atom. The molecule has 4 rings (SSSR count). The normalized spacial score (nSPS) is 21.0. The van der Waals surface area contributed by atoms with Crippen LogP contribution in [0.1, 0.15) is 56.7 Å². The minimum absolute atomic E-state index is 0.292. The molecule has 1 aromatic rings. The topological polar surface area (TPSA) is 67.8 Å². The summed E-state index contributed by atoms with van der Waals surface area (Å²) in [6, 6.07) is 0.493. The van der Waals surface area contributed by atoms with Gasteiger partial charge in [0.2, 0.25) is 6.41 Å². The van der Waals surface area contributed by atoms with Gasteiger partial charge >= 0.3 is 6.01 Å². The summed E-state index contributed by atoms with van der Waals surface area (Å²) in [6.45, 7) is 6.28. The van der Waals surface area contributed by atoms with Crippen molar-refractivity contribution in [1.82, 2.24) is 19.2 Å². The fourth-order valence-electron chi connectivity index (χ4n) is 3.62. The Hall–Kier alpha value is -1.38. The zero-order chi connectivity index (χ0) is 20.7. The Morgan fingerprint density at radius 2 is 2.07 bits per heavy atom. The van der Waals surface area contributed by atoms with E-state index in [4.69, 9.17) is 9.47 Å². The molecular weight excluding hydrogens is 388 g/mol. The Labute approximate surface area is 179 Å². The van der Waals surface area contributed by atoms with Crippen LogP contribution in [-0.2, 0) is 22.5 Å². The standard InChI is InChI=1S/C16H24N4O2S.C5H10O/c21-12-19-6-3-13(4-7-19)2-1-9-22-16-17-10-14-11-20(23)8-5-15(14)18-16;1-5(6-2)3-4-5/h10,12-13,23H,1-9,11H2;3-4H2,1-2H3. The van der Waals surface area contributed by atoms with E-state index in [9.17, 15) is 4.79 Å². The smallest absolute Gasteiger partial charge is 0.316 e. The summed E-state index contributed by atoms with van der Waals surface area (Å²) in [7, 11) is 1.77. The molecule has 29 heavy (non-hydrogen) atoms. The van der Waals surface area contributed by atoms with Gasteiger partial charge in [-0.1, -0.05) is 12.8 Å². The first kappa shape index (κ1) is 22.3. The highest BCUT2D eigenvalue weighted by Crippen LogP contribution is 2.37. The Kier molecular flexibility index (Phi) is 8.15. The molecule has 0 radical (unpaired) electrons. The Morgan fingerprint density at radius 3 is 2.69 bits per heavy atom. The van der Waals surface area contributed by atoms with Crippen LogP contribution >= 0.6 is 12.8 Å². The van der Waals surface area contributed by atoms with Crippen LogP contribution in [0, 0.1) is 5.92 Å². The summed E-state index contributed by atoms with van der Waals surface area (Å²) < 4.78 is 12.7. The minimum atomic E-state index is 0.292. The minimum Gasteiger partial charge on any atom is -0.463 e. The molecule has 3 aliphatic rings. The van der Waals surface area contributed by atoms with Gasteiger partial charge in [-0.05, 0) is 51.4 Å². The lowest BCUT2D eigenvalue weighted by Gasteiger charge is -2.29. The quantitative estimate of drug-likeness (QED) is 0.414. The summed E-state index contributed by atoms with van der Waals surface area (Å²) in [5.74, 6) is 0.709. The monoisotopic (exact) mass is 422 g/mol. The lowest BCUT2D eigenvalue weighted by atomic mass is 9.93. The van der Waals surface area contributed by atoms with E-state index in [-0.39, 0.29) is 0 Å². The molecule has 0 aromatic carbocycles. The van der Waals surface area contributed by atoms with Gasteiger partial charge in [-0.2, -0.15) is 4.98 Å². The van der Waals surface area contributed by atoms with Crippen molar-refractivity contribution < 1.29 is 14.3 Å². The molecule has 3 heterocycles. The van der Waals surface area contributed by atoms with Gasteiger partial charge in [-0.25, -0.2) is 9.29 Å². The van der Waals surface area contributed by atoms with Gasteiger partial charge in [-0.3, -0.25) is 4.79 Å². The third-order valence-corrected chi connectivity index (χ3v) is 6.47. The highest BCUT2D eigenvalue weighted by Gasteiger charge is 2.36. The third kappa shape index (κ3) is 7.12. The molecule has 2 fully saturated rings. The van der Waals surface area contributed by atoms with Gasteiger partial charge < -0.3 is 14.4 Å². The number of hydrogen-bond acceptors (Lipinski definition) is 7. The molecule has 1 amide bonds. The second-order valence-corrected chi connectivity index (χ2v) is 9.06. The van der Waals surface area contributed by atoms with Crippen LogP contribution in [-0.4, -0.2) is 64.5 Å². The van der Waals surface area contributed by atoms with Crippen LogP contribution in [0.3, 0.4) is 0 Å². The van der Waals surface area contributed by atoms with Crippen molar-refractivity contribution in [1.29, 1.82) is 0 Å². The van der Waals surface area contributed by atoms with Gasteiger partial charge in [0.05, 0.1) is 17.9 Å². The molecule has 1 aliphatic carbocycles. The van der Waals surface area contributed by atoms with Gasteiger partial charge in [0.25, 0.3) is 0 Å². The largest absolute Gasteiger partial charge is 0.463 e. The lowest BCUT2D eigenvalue weighted by Crippen LogP contribution is -2.32. The van der Waals surface area contributed by atoms with Gasteiger partial charge in [0.1, 0.15) is 0 Å². The molecule has 162 valence electrons. The molecule has 0 spiro atoms. The second kappa shape index (κ2) is 10.6. The van der Waals surface area contributed by atoms with Crippen LogP contribution in [0.2, 0.25) is 0 Å². The number of ether oxygens (including phenoxy) is 2. The van der Waals surface area contributed by atoms with Crippen LogP contribution in [0.5, 0.6) is 6.01 Å². The number of rotatable bonds is 7. The molecule has 0 N–H and O–H groups in total. The van der Waals surface area contributed by atoms with Crippen molar-refractivity contribution >= 4 is 19.2 Å². The molecule has 1 saturated carbocycles. The summed E-state index contributed by atoms with van der Waals surface area (Å²) >= 11 is 4.37. The Balaban J connectivity index is 0.000000343. The van der Waals surface area contributed by atoms with Crippen molar-refractivity contribution in [2.75, 3.05) is 33.4 Å². The zero-order valence-corrected chi connectivity index (χ0v) is 18.6. The summed E-state index contributed by atoms with van der Waals surface area (Å²) in [5, 5.41) is 0. The molecule has 0 atom stereocenters.